The molecule has 1 atom stereocenters. The lowest BCUT2D eigenvalue weighted by molar-refractivity contribution is -0.153. The molecule has 1 unspecified atom stereocenters. The molecule has 4 heteroatoms. The van der Waals surface area contributed by atoms with Crippen molar-refractivity contribution in [2.75, 3.05) is 6.61 Å². The van der Waals surface area contributed by atoms with Gasteiger partial charge >= 0.3 is 5.97 Å². The highest BCUT2D eigenvalue weighted by Crippen LogP contribution is 2.34. The lowest BCUT2D eigenvalue weighted by Gasteiger charge is -2.18. The SMILES string of the molecule is CCOC(=O)C(O)c1c(O)ccc2c1CCCCC2. The van der Waals surface area contributed by atoms with Crippen LogP contribution in [-0.4, -0.2) is 22.8 Å². The first-order valence-corrected chi connectivity index (χ1v) is 6.83. The minimum absolute atomic E-state index is 0.0267. The zero-order chi connectivity index (χ0) is 13.8. The fourth-order valence-electron chi connectivity index (χ4n) is 2.67. The van der Waals surface area contributed by atoms with Crippen molar-refractivity contribution in [3.8, 4) is 5.75 Å². The zero-order valence-electron chi connectivity index (χ0n) is 11.2. The van der Waals surface area contributed by atoms with E-state index in [1.165, 1.54) is 0 Å². The summed E-state index contributed by atoms with van der Waals surface area (Å²) in [6.45, 7) is 1.90. The molecule has 0 spiro atoms. The van der Waals surface area contributed by atoms with Gasteiger partial charge in [0.2, 0.25) is 0 Å². The van der Waals surface area contributed by atoms with Crippen molar-refractivity contribution in [3.05, 3.63) is 28.8 Å². The van der Waals surface area contributed by atoms with Gasteiger partial charge in [-0.3, -0.25) is 0 Å². The Morgan fingerprint density at radius 1 is 1.32 bits per heavy atom. The van der Waals surface area contributed by atoms with E-state index in [1.807, 2.05) is 6.07 Å². The summed E-state index contributed by atoms with van der Waals surface area (Å²) >= 11 is 0. The Balaban J connectivity index is 2.40. The van der Waals surface area contributed by atoms with E-state index < -0.39 is 12.1 Å². The fraction of sp³-hybridized carbons (Fsp3) is 0.533. The molecule has 1 aliphatic rings. The number of aliphatic hydroxyl groups is 1. The van der Waals surface area contributed by atoms with Crippen LogP contribution in [0.2, 0.25) is 0 Å². The lowest BCUT2D eigenvalue weighted by atomic mass is 9.93. The Morgan fingerprint density at radius 2 is 2.05 bits per heavy atom. The van der Waals surface area contributed by atoms with E-state index in [9.17, 15) is 15.0 Å². The number of hydrogen-bond acceptors (Lipinski definition) is 4. The third-order valence-corrected chi connectivity index (χ3v) is 3.59. The molecule has 0 amide bonds. The quantitative estimate of drug-likeness (QED) is 0.649. The maximum atomic E-state index is 11.7. The molecule has 2 rings (SSSR count). The van der Waals surface area contributed by atoms with Gasteiger partial charge in [0, 0.05) is 5.56 Å². The summed E-state index contributed by atoms with van der Waals surface area (Å²) in [5.41, 5.74) is 2.37. The van der Waals surface area contributed by atoms with Crippen LogP contribution in [0.1, 0.15) is 49.0 Å². The molecule has 0 saturated heterocycles. The number of fused-ring (bicyclic) bond motifs is 1. The average molecular weight is 264 g/mol. The van der Waals surface area contributed by atoms with E-state index in [0.717, 1.165) is 43.2 Å². The van der Waals surface area contributed by atoms with Crippen LogP contribution >= 0.6 is 0 Å². The molecule has 2 N–H and O–H groups in total. The second kappa shape index (κ2) is 6.06. The Kier molecular flexibility index (Phi) is 4.43. The van der Waals surface area contributed by atoms with Gasteiger partial charge in [-0.15, -0.1) is 0 Å². The predicted octanol–water partition coefficient (Wildman–Crippen LogP) is 2.26. The lowest BCUT2D eigenvalue weighted by Crippen LogP contribution is -2.17. The molecule has 0 heterocycles. The van der Waals surface area contributed by atoms with Gasteiger partial charge in [-0.2, -0.15) is 0 Å². The van der Waals surface area contributed by atoms with Gasteiger partial charge in [-0.1, -0.05) is 12.5 Å². The van der Waals surface area contributed by atoms with Gasteiger partial charge in [0.25, 0.3) is 0 Å². The molecular weight excluding hydrogens is 244 g/mol. The summed E-state index contributed by atoms with van der Waals surface area (Å²) in [7, 11) is 0. The van der Waals surface area contributed by atoms with Gasteiger partial charge in [-0.25, -0.2) is 4.79 Å². The van der Waals surface area contributed by atoms with Crippen LogP contribution in [0.15, 0.2) is 12.1 Å². The van der Waals surface area contributed by atoms with E-state index in [1.54, 1.807) is 13.0 Å². The molecule has 19 heavy (non-hydrogen) atoms. The fourth-order valence-corrected chi connectivity index (χ4v) is 2.67. The summed E-state index contributed by atoms with van der Waals surface area (Å²) in [5, 5.41) is 20.1. The number of phenols is 1. The second-order valence-electron chi connectivity index (χ2n) is 4.85. The number of rotatable bonds is 3. The first-order chi connectivity index (χ1) is 9.15. The summed E-state index contributed by atoms with van der Waals surface area (Å²) in [4.78, 5) is 11.7. The Labute approximate surface area is 113 Å². The van der Waals surface area contributed by atoms with Crippen LogP contribution < -0.4 is 0 Å². The summed E-state index contributed by atoms with van der Waals surface area (Å²) in [6, 6.07) is 3.44. The second-order valence-corrected chi connectivity index (χ2v) is 4.85. The van der Waals surface area contributed by atoms with E-state index >= 15 is 0 Å². The van der Waals surface area contributed by atoms with Crippen molar-refractivity contribution in [1.82, 2.24) is 0 Å². The third-order valence-electron chi connectivity index (χ3n) is 3.59. The number of benzene rings is 1. The minimum Gasteiger partial charge on any atom is -0.508 e. The molecule has 0 aliphatic heterocycles. The van der Waals surface area contributed by atoms with Gasteiger partial charge in [0.15, 0.2) is 6.10 Å². The topological polar surface area (TPSA) is 66.8 Å². The van der Waals surface area contributed by atoms with Crippen LogP contribution in [0.5, 0.6) is 5.75 Å². The zero-order valence-corrected chi connectivity index (χ0v) is 11.2. The van der Waals surface area contributed by atoms with Gasteiger partial charge < -0.3 is 14.9 Å². The number of phenolic OH excluding ortho intramolecular Hbond substituents is 1. The van der Waals surface area contributed by atoms with E-state index in [4.69, 9.17) is 4.74 Å². The minimum atomic E-state index is -1.40. The van der Waals surface area contributed by atoms with Crippen molar-refractivity contribution >= 4 is 5.97 Å². The van der Waals surface area contributed by atoms with Crippen molar-refractivity contribution in [2.24, 2.45) is 0 Å². The normalized spacial score (nSPS) is 16.3. The molecule has 0 fully saturated rings. The van der Waals surface area contributed by atoms with Crippen molar-refractivity contribution in [1.29, 1.82) is 0 Å². The third kappa shape index (κ3) is 2.89. The van der Waals surface area contributed by atoms with Crippen molar-refractivity contribution < 1.29 is 19.7 Å². The highest BCUT2D eigenvalue weighted by molar-refractivity contribution is 5.78. The van der Waals surface area contributed by atoms with Gasteiger partial charge in [0.1, 0.15) is 5.75 Å². The van der Waals surface area contributed by atoms with Crippen molar-refractivity contribution in [3.63, 3.8) is 0 Å². The molecule has 1 aromatic carbocycles. The predicted molar refractivity (Wildman–Crippen MR) is 71.0 cm³/mol. The number of aryl methyl sites for hydroxylation is 1. The summed E-state index contributed by atoms with van der Waals surface area (Å²) < 4.78 is 4.84. The molecule has 0 bridgehead atoms. The molecule has 1 aliphatic carbocycles. The highest BCUT2D eigenvalue weighted by Gasteiger charge is 2.27. The Morgan fingerprint density at radius 3 is 2.79 bits per heavy atom. The number of hydrogen-bond donors (Lipinski definition) is 2. The first kappa shape index (κ1) is 13.9. The number of carbonyl (C=O) groups excluding carboxylic acids is 1. The largest absolute Gasteiger partial charge is 0.508 e. The number of ether oxygens (including phenoxy) is 1. The van der Waals surface area contributed by atoms with Crippen LogP contribution in [0.4, 0.5) is 0 Å². The number of aliphatic hydroxyl groups excluding tert-OH is 1. The molecular formula is C15H20O4. The highest BCUT2D eigenvalue weighted by atomic mass is 16.5. The smallest absolute Gasteiger partial charge is 0.339 e. The van der Waals surface area contributed by atoms with E-state index in [2.05, 4.69) is 0 Å². The molecule has 0 aromatic heterocycles. The average Bonchev–Trinajstić information content (AvgIpc) is 2.63. The number of esters is 1. The standard InChI is InChI=1S/C15H20O4/c1-2-19-15(18)14(17)13-11-7-5-3-4-6-10(11)8-9-12(13)16/h8-9,14,16-17H,2-7H2,1H3. The number of aromatic hydroxyl groups is 1. The van der Waals surface area contributed by atoms with Gasteiger partial charge in [-0.05, 0) is 49.8 Å². The molecule has 0 radical (unpaired) electrons. The molecule has 4 nitrogen and oxygen atoms in total. The number of carbonyl (C=O) groups is 1. The molecule has 0 saturated carbocycles. The maximum absolute atomic E-state index is 11.7. The summed E-state index contributed by atoms with van der Waals surface area (Å²) in [5.74, 6) is -0.725. The Hall–Kier alpha value is -1.55. The van der Waals surface area contributed by atoms with Crippen LogP contribution in [-0.2, 0) is 22.4 Å². The van der Waals surface area contributed by atoms with Crippen LogP contribution in [0, 0.1) is 0 Å². The van der Waals surface area contributed by atoms with E-state index in [-0.39, 0.29) is 12.4 Å². The van der Waals surface area contributed by atoms with E-state index in [0.29, 0.717) is 5.56 Å². The van der Waals surface area contributed by atoms with Crippen LogP contribution in [0.3, 0.4) is 0 Å². The van der Waals surface area contributed by atoms with Crippen LogP contribution in [0.25, 0.3) is 0 Å². The monoisotopic (exact) mass is 264 g/mol. The summed E-state index contributed by atoms with van der Waals surface area (Å²) in [6.07, 6.45) is 3.57. The maximum Gasteiger partial charge on any atom is 0.339 e. The Bertz CT molecular complexity index is 467. The van der Waals surface area contributed by atoms with Gasteiger partial charge in [0.05, 0.1) is 6.61 Å². The molecule has 104 valence electrons. The first-order valence-electron chi connectivity index (χ1n) is 6.83. The van der Waals surface area contributed by atoms with Crippen molar-refractivity contribution in [2.45, 2.75) is 45.1 Å². The molecule has 1 aromatic rings.